The van der Waals surface area contributed by atoms with E-state index in [1.165, 1.54) is 0 Å². The van der Waals surface area contributed by atoms with E-state index in [0.717, 1.165) is 22.0 Å². The maximum absolute atomic E-state index is 12.4. The predicted molar refractivity (Wildman–Crippen MR) is 97.8 cm³/mol. The van der Waals surface area contributed by atoms with Crippen molar-refractivity contribution in [2.24, 2.45) is 0 Å². The molecule has 0 atom stereocenters. The van der Waals surface area contributed by atoms with Gasteiger partial charge in [0.2, 0.25) is 6.79 Å². The summed E-state index contributed by atoms with van der Waals surface area (Å²) in [6, 6.07) is 10.8. The van der Waals surface area contributed by atoms with Gasteiger partial charge in [-0.05, 0) is 55.3 Å². The van der Waals surface area contributed by atoms with Crippen LogP contribution in [-0.2, 0) is 6.54 Å². The summed E-state index contributed by atoms with van der Waals surface area (Å²) in [4.78, 5) is 27.6. The molecule has 0 aliphatic carbocycles. The van der Waals surface area contributed by atoms with Crippen LogP contribution in [0.5, 0.6) is 11.5 Å². The Morgan fingerprint density at radius 1 is 1.12 bits per heavy atom. The lowest BCUT2D eigenvalue weighted by Gasteiger charge is -2.09. The molecule has 2 N–H and O–H groups in total. The largest absolute Gasteiger partial charge is 0.454 e. The van der Waals surface area contributed by atoms with Crippen molar-refractivity contribution in [1.29, 1.82) is 0 Å². The Hall–Kier alpha value is -3.28. The van der Waals surface area contributed by atoms with Crippen molar-refractivity contribution in [1.82, 2.24) is 10.3 Å². The van der Waals surface area contributed by atoms with Crippen LogP contribution in [0.2, 0.25) is 0 Å². The third-order valence-corrected chi connectivity index (χ3v) is 4.46. The summed E-state index contributed by atoms with van der Waals surface area (Å²) in [5.74, 6) is 0.897. The van der Waals surface area contributed by atoms with E-state index in [9.17, 15) is 9.59 Å². The number of ether oxygens (including phenoxy) is 2. The summed E-state index contributed by atoms with van der Waals surface area (Å²) in [6.45, 7) is 4.30. The van der Waals surface area contributed by atoms with E-state index >= 15 is 0 Å². The lowest BCUT2D eigenvalue weighted by atomic mass is 10.0. The number of fused-ring (bicyclic) bond motifs is 2. The number of nitrogens with one attached hydrogen (secondary N) is 2. The Labute approximate surface area is 149 Å². The van der Waals surface area contributed by atoms with Gasteiger partial charge in [0, 0.05) is 28.6 Å². The second-order valence-corrected chi connectivity index (χ2v) is 6.42. The number of rotatable bonds is 3. The lowest BCUT2D eigenvalue weighted by Crippen LogP contribution is -2.26. The summed E-state index contributed by atoms with van der Waals surface area (Å²) < 4.78 is 10.5. The number of aromatic nitrogens is 1. The van der Waals surface area contributed by atoms with Gasteiger partial charge in [0.05, 0.1) is 0 Å². The third kappa shape index (κ3) is 2.90. The van der Waals surface area contributed by atoms with Crippen molar-refractivity contribution in [3.05, 3.63) is 69.0 Å². The molecule has 26 heavy (non-hydrogen) atoms. The second-order valence-electron chi connectivity index (χ2n) is 6.42. The highest BCUT2D eigenvalue weighted by molar-refractivity contribution is 5.95. The van der Waals surface area contributed by atoms with E-state index < -0.39 is 0 Å². The Kier molecular flexibility index (Phi) is 3.88. The van der Waals surface area contributed by atoms with Gasteiger partial charge in [-0.3, -0.25) is 9.59 Å². The minimum Gasteiger partial charge on any atom is -0.454 e. The zero-order chi connectivity index (χ0) is 18.3. The quantitative estimate of drug-likeness (QED) is 0.761. The van der Waals surface area contributed by atoms with Gasteiger partial charge in [-0.15, -0.1) is 0 Å². The molecule has 6 nitrogen and oxygen atoms in total. The first-order chi connectivity index (χ1) is 12.5. The van der Waals surface area contributed by atoms with Crippen LogP contribution in [0.1, 0.15) is 27.0 Å². The van der Waals surface area contributed by atoms with Crippen molar-refractivity contribution in [3.63, 3.8) is 0 Å². The fraction of sp³-hybridized carbons (Fsp3) is 0.200. The highest BCUT2D eigenvalue weighted by Crippen LogP contribution is 2.32. The van der Waals surface area contributed by atoms with E-state index in [4.69, 9.17) is 9.47 Å². The standard InChI is InChI=1S/C20H18N2O4/c1-11-5-12(2)15-7-14(20(24)22-16(15)6-11)9-21-19(23)13-3-4-17-18(8-13)26-10-25-17/h3-8H,9-10H2,1-2H3,(H,21,23)(H,22,24). The molecule has 6 heteroatoms. The summed E-state index contributed by atoms with van der Waals surface area (Å²) in [7, 11) is 0. The van der Waals surface area contributed by atoms with E-state index in [1.807, 2.05) is 26.0 Å². The molecule has 1 aliphatic rings. The Morgan fingerprint density at radius 3 is 2.77 bits per heavy atom. The summed E-state index contributed by atoms with van der Waals surface area (Å²) in [5.41, 5.74) is 3.75. The number of benzene rings is 2. The Bertz CT molecular complexity index is 1090. The number of hydrogen-bond donors (Lipinski definition) is 2. The number of pyridine rings is 1. The van der Waals surface area contributed by atoms with Crippen LogP contribution in [0, 0.1) is 13.8 Å². The molecule has 4 rings (SSSR count). The lowest BCUT2D eigenvalue weighted by molar-refractivity contribution is 0.0950. The van der Waals surface area contributed by atoms with Crippen LogP contribution >= 0.6 is 0 Å². The van der Waals surface area contributed by atoms with E-state index in [-0.39, 0.29) is 24.8 Å². The Morgan fingerprint density at radius 2 is 1.92 bits per heavy atom. The van der Waals surface area contributed by atoms with Gasteiger partial charge in [-0.2, -0.15) is 0 Å². The number of amides is 1. The summed E-state index contributed by atoms with van der Waals surface area (Å²) in [5, 5.41) is 3.76. The molecule has 0 fully saturated rings. The molecule has 3 aromatic rings. The number of carbonyl (C=O) groups is 1. The predicted octanol–water partition coefficient (Wildman–Crippen LogP) is 2.80. The average molecular weight is 350 g/mol. The molecular weight excluding hydrogens is 332 g/mol. The van der Waals surface area contributed by atoms with Crippen LogP contribution in [0.4, 0.5) is 0 Å². The van der Waals surface area contributed by atoms with Gasteiger partial charge in [0.25, 0.3) is 11.5 Å². The molecular formula is C20H18N2O4. The number of carbonyl (C=O) groups excluding carboxylic acids is 1. The van der Waals surface area contributed by atoms with Crippen molar-refractivity contribution in [2.75, 3.05) is 6.79 Å². The van der Waals surface area contributed by atoms with Gasteiger partial charge in [-0.25, -0.2) is 0 Å². The van der Waals surface area contributed by atoms with Crippen molar-refractivity contribution in [2.45, 2.75) is 20.4 Å². The topological polar surface area (TPSA) is 80.4 Å². The fourth-order valence-corrected chi connectivity index (χ4v) is 3.16. The average Bonchev–Trinajstić information content (AvgIpc) is 3.07. The number of aromatic amines is 1. The number of hydrogen-bond acceptors (Lipinski definition) is 4. The van der Waals surface area contributed by atoms with Gasteiger partial charge in [0.15, 0.2) is 11.5 Å². The highest BCUT2D eigenvalue weighted by atomic mass is 16.7. The van der Waals surface area contributed by atoms with Crippen LogP contribution < -0.4 is 20.3 Å². The van der Waals surface area contributed by atoms with Gasteiger partial charge in [-0.1, -0.05) is 6.07 Å². The molecule has 2 aromatic carbocycles. The van der Waals surface area contributed by atoms with E-state index in [1.54, 1.807) is 18.2 Å². The maximum Gasteiger partial charge on any atom is 0.253 e. The summed E-state index contributed by atoms with van der Waals surface area (Å²) >= 11 is 0. The van der Waals surface area contributed by atoms with E-state index in [0.29, 0.717) is 22.6 Å². The van der Waals surface area contributed by atoms with Crippen molar-refractivity contribution >= 4 is 16.8 Å². The van der Waals surface area contributed by atoms with E-state index in [2.05, 4.69) is 16.4 Å². The minimum atomic E-state index is -0.275. The Balaban J connectivity index is 1.57. The van der Waals surface area contributed by atoms with Gasteiger partial charge >= 0.3 is 0 Å². The molecule has 1 amide bonds. The first kappa shape index (κ1) is 16.2. The van der Waals surface area contributed by atoms with Crippen LogP contribution in [0.15, 0.2) is 41.2 Å². The third-order valence-electron chi connectivity index (χ3n) is 4.46. The van der Waals surface area contributed by atoms with Crippen molar-refractivity contribution < 1.29 is 14.3 Å². The zero-order valence-electron chi connectivity index (χ0n) is 14.5. The molecule has 0 saturated heterocycles. The smallest absolute Gasteiger partial charge is 0.253 e. The molecule has 0 spiro atoms. The van der Waals surface area contributed by atoms with Gasteiger partial charge < -0.3 is 19.8 Å². The normalized spacial score (nSPS) is 12.4. The molecule has 0 bridgehead atoms. The maximum atomic E-state index is 12.4. The molecule has 2 heterocycles. The summed E-state index contributed by atoms with van der Waals surface area (Å²) in [6.07, 6.45) is 0. The number of aryl methyl sites for hydroxylation is 2. The van der Waals surface area contributed by atoms with Crippen LogP contribution in [0.25, 0.3) is 10.9 Å². The SMILES string of the molecule is Cc1cc(C)c2cc(CNC(=O)c3ccc4c(c3)OCO4)c(=O)[nH]c2c1. The van der Waals surface area contributed by atoms with Gasteiger partial charge in [0.1, 0.15) is 0 Å². The van der Waals surface area contributed by atoms with Crippen LogP contribution in [0.3, 0.4) is 0 Å². The molecule has 0 saturated carbocycles. The fourth-order valence-electron chi connectivity index (χ4n) is 3.16. The second kappa shape index (κ2) is 6.22. The molecule has 1 aliphatic heterocycles. The molecule has 1 aromatic heterocycles. The van der Waals surface area contributed by atoms with Crippen molar-refractivity contribution in [3.8, 4) is 11.5 Å². The molecule has 0 unspecified atom stereocenters. The number of H-pyrrole nitrogens is 1. The molecule has 0 radical (unpaired) electrons. The monoisotopic (exact) mass is 350 g/mol. The van der Waals surface area contributed by atoms with Crippen LogP contribution in [-0.4, -0.2) is 17.7 Å². The highest BCUT2D eigenvalue weighted by Gasteiger charge is 2.16. The molecule has 132 valence electrons. The first-order valence-electron chi connectivity index (χ1n) is 8.32. The zero-order valence-corrected chi connectivity index (χ0v) is 14.5. The minimum absolute atomic E-state index is 0.145. The first-order valence-corrected chi connectivity index (χ1v) is 8.32.